The first kappa shape index (κ1) is 24.7. The van der Waals surface area contributed by atoms with Crippen molar-refractivity contribution in [3.05, 3.63) is 48.0 Å². The van der Waals surface area contributed by atoms with Gasteiger partial charge in [0.2, 0.25) is 22.7 Å². The van der Waals surface area contributed by atoms with Crippen molar-refractivity contribution in [3.8, 4) is 17.2 Å². The summed E-state index contributed by atoms with van der Waals surface area (Å²) in [6, 6.07) is 12.6. The lowest BCUT2D eigenvalue weighted by molar-refractivity contribution is -0.122. The van der Waals surface area contributed by atoms with Crippen molar-refractivity contribution in [2.24, 2.45) is 5.92 Å². The van der Waals surface area contributed by atoms with Crippen molar-refractivity contribution in [3.63, 3.8) is 0 Å². The third-order valence-corrected chi connectivity index (χ3v) is 6.56. The van der Waals surface area contributed by atoms with Gasteiger partial charge < -0.3 is 19.5 Å². The fourth-order valence-corrected chi connectivity index (χ4v) is 4.72. The Morgan fingerprint density at radius 3 is 2.45 bits per heavy atom. The molecule has 0 radical (unpaired) electrons. The number of hydrogen-bond donors (Lipinski definition) is 1. The molecule has 180 valence electrons. The highest BCUT2D eigenvalue weighted by atomic mass is 32.2. The average molecular weight is 477 g/mol. The molecule has 1 aliphatic heterocycles. The number of anilines is 1. The number of carbonyl (C=O) groups is 1. The van der Waals surface area contributed by atoms with E-state index in [4.69, 9.17) is 14.2 Å². The van der Waals surface area contributed by atoms with Gasteiger partial charge in [0.25, 0.3) is 0 Å². The van der Waals surface area contributed by atoms with E-state index in [9.17, 15) is 13.2 Å². The molecule has 8 nitrogen and oxygen atoms in total. The third kappa shape index (κ3) is 6.77. The summed E-state index contributed by atoms with van der Waals surface area (Å²) in [7, 11) is -1.91. The maximum atomic E-state index is 12.7. The SMILES string of the molecule is COc1ccc([C@@H](CC(C)C)NC(=O)CCCN(c2ccc3c(c2)OCO3)S(C)(=O)=O)cc1. The van der Waals surface area contributed by atoms with Crippen LogP contribution in [0.4, 0.5) is 5.69 Å². The number of fused-ring (bicyclic) bond motifs is 1. The number of amides is 1. The number of hydrogen-bond acceptors (Lipinski definition) is 6. The van der Waals surface area contributed by atoms with E-state index >= 15 is 0 Å². The molecule has 1 aliphatic rings. The Bertz CT molecular complexity index is 1050. The van der Waals surface area contributed by atoms with E-state index in [-0.39, 0.29) is 31.7 Å². The third-order valence-electron chi connectivity index (χ3n) is 5.37. The van der Waals surface area contributed by atoms with Crippen molar-refractivity contribution in [1.29, 1.82) is 0 Å². The Kier molecular flexibility index (Phi) is 8.07. The minimum absolute atomic E-state index is 0.115. The lowest BCUT2D eigenvalue weighted by Gasteiger charge is -2.24. The van der Waals surface area contributed by atoms with Gasteiger partial charge in [0.05, 0.1) is 25.1 Å². The quantitative estimate of drug-likeness (QED) is 0.529. The summed E-state index contributed by atoms with van der Waals surface area (Å²) in [4.78, 5) is 12.7. The highest BCUT2D eigenvalue weighted by Gasteiger charge is 2.22. The van der Waals surface area contributed by atoms with Gasteiger partial charge in [0.15, 0.2) is 11.5 Å². The van der Waals surface area contributed by atoms with Gasteiger partial charge in [-0.15, -0.1) is 0 Å². The number of carbonyl (C=O) groups excluding carboxylic acids is 1. The molecule has 0 spiro atoms. The summed E-state index contributed by atoms with van der Waals surface area (Å²) in [5.74, 6) is 2.13. The van der Waals surface area contributed by atoms with E-state index in [2.05, 4.69) is 19.2 Å². The molecule has 0 bridgehead atoms. The van der Waals surface area contributed by atoms with Crippen LogP contribution in [0, 0.1) is 5.92 Å². The van der Waals surface area contributed by atoms with Crippen molar-refractivity contribution < 1.29 is 27.4 Å². The molecule has 3 rings (SSSR count). The summed E-state index contributed by atoms with van der Waals surface area (Å²) in [5, 5.41) is 3.10. The van der Waals surface area contributed by atoms with Crippen LogP contribution in [-0.2, 0) is 14.8 Å². The van der Waals surface area contributed by atoms with Gasteiger partial charge in [-0.05, 0) is 48.6 Å². The molecule has 1 amide bonds. The lowest BCUT2D eigenvalue weighted by Crippen LogP contribution is -2.33. The highest BCUT2D eigenvalue weighted by molar-refractivity contribution is 7.92. The van der Waals surface area contributed by atoms with E-state index in [1.165, 1.54) is 4.31 Å². The normalized spacial score (nSPS) is 13.6. The van der Waals surface area contributed by atoms with Crippen LogP contribution in [0.3, 0.4) is 0 Å². The number of benzene rings is 2. The second-order valence-corrected chi connectivity index (χ2v) is 10.4. The number of ether oxygens (including phenoxy) is 3. The molecule has 2 aromatic carbocycles. The second-order valence-electron chi connectivity index (χ2n) is 8.50. The van der Waals surface area contributed by atoms with Gasteiger partial charge in [-0.25, -0.2) is 8.42 Å². The van der Waals surface area contributed by atoms with Crippen molar-refractivity contribution >= 4 is 21.6 Å². The van der Waals surface area contributed by atoms with E-state index in [1.54, 1.807) is 25.3 Å². The fraction of sp³-hybridized carbons (Fsp3) is 0.458. The Hall–Kier alpha value is -2.94. The summed E-state index contributed by atoms with van der Waals surface area (Å²) < 4.78 is 41.9. The van der Waals surface area contributed by atoms with Crippen LogP contribution in [0.2, 0.25) is 0 Å². The summed E-state index contributed by atoms with van der Waals surface area (Å²) >= 11 is 0. The van der Waals surface area contributed by atoms with Crippen molar-refractivity contribution in [2.75, 3.05) is 31.0 Å². The summed E-state index contributed by atoms with van der Waals surface area (Å²) in [6.45, 7) is 4.52. The number of methoxy groups -OCH3 is 1. The molecule has 1 N–H and O–H groups in total. The van der Waals surface area contributed by atoms with Crippen LogP contribution in [-0.4, -0.2) is 41.0 Å². The minimum atomic E-state index is -3.53. The first-order valence-corrected chi connectivity index (χ1v) is 12.8. The van der Waals surface area contributed by atoms with Crippen LogP contribution in [0.15, 0.2) is 42.5 Å². The second kappa shape index (κ2) is 10.8. The Balaban J connectivity index is 1.62. The number of nitrogens with zero attached hydrogens (tertiary/aromatic N) is 1. The van der Waals surface area contributed by atoms with Crippen LogP contribution >= 0.6 is 0 Å². The number of sulfonamides is 1. The van der Waals surface area contributed by atoms with Gasteiger partial charge >= 0.3 is 0 Å². The molecule has 0 saturated heterocycles. The highest BCUT2D eigenvalue weighted by Crippen LogP contribution is 2.36. The first-order chi connectivity index (χ1) is 15.7. The standard InChI is InChI=1S/C24H32N2O6S/c1-17(2)14-21(18-7-10-20(30-3)11-8-18)25-24(27)6-5-13-26(33(4,28)29)19-9-12-22-23(15-19)32-16-31-22/h7-12,15,17,21H,5-6,13-14,16H2,1-4H3,(H,25,27)/t21-/m1/s1. The topological polar surface area (TPSA) is 94.2 Å². The molecular formula is C24H32N2O6S. The zero-order valence-electron chi connectivity index (χ0n) is 19.5. The predicted molar refractivity (Wildman–Crippen MR) is 127 cm³/mol. The molecule has 0 fully saturated rings. The molecule has 1 atom stereocenters. The maximum Gasteiger partial charge on any atom is 0.232 e. The largest absolute Gasteiger partial charge is 0.497 e. The molecular weight excluding hydrogens is 444 g/mol. The Labute approximate surface area is 195 Å². The van der Waals surface area contributed by atoms with Gasteiger partial charge in [-0.2, -0.15) is 0 Å². The smallest absolute Gasteiger partial charge is 0.232 e. The number of nitrogens with one attached hydrogen (secondary N) is 1. The molecule has 9 heteroatoms. The van der Waals surface area contributed by atoms with Gasteiger partial charge in [-0.1, -0.05) is 26.0 Å². The van der Waals surface area contributed by atoms with Crippen LogP contribution in [0.1, 0.15) is 44.7 Å². The van der Waals surface area contributed by atoms with Crippen LogP contribution < -0.4 is 23.8 Å². The van der Waals surface area contributed by atoms with Gasteiger partial charge in [0, 0.05) is 19.0 Å². The molecule has 0 aromatic heterocycles. The van der Waals surface area contributed by atoms with Crippen molar-refractivity contribution in [1.82, 2.24) is 5.32 Å². The number of rotatable bonds is 11. The summed E-state index contributed by atoms with van der Waals surface area (Å²) in [6.07, 6.45) is 2.54. The zero-order chi connectivity index (χ0) is 24.0. The molecule has 0 unspecified atom stereocenters. The Morgan fingerprint density at radius 2 is 1.82 bits per heavy atom. The average Bonchev–Trinajstić information content (AvgIpc) is 3.23. The molecule has 2 aromatic rings. The van der Waals surface area contributed by atoms with Gasteiger partial charge in [-0.3, -0.25) is 9.10 Å². The monoisotopic (exact) mass is 476 g/mol. The van der Waals surface area contributed by atoms with E-state index in [0.717, 1.165) is 24.0 Å². The van der Waals surface area contributed by atoms with Gasteiger partial charge in [0.1, 0.15) is 5.75 Å². The van der Waals surface area contributed by atoms with E-state index < -0.39 is 10.0 Å². The minimum Gasteiger partial charge on any atom is -0.497 e. The Morgan fingerprint density at radius 1 is 1.12 bits per heavy atom. The molecule has 0 aliphatic carbocycles. The predicted octanol–water partition coefficient (Wildman–Crippen LogP) is 3.87. The van der Waals surface area contributed by atoms with Crippen LogP contribution in [0.25, 0.3) is 0 Å². The maximum absolute atomic E-state index is 12.7. The lowest BCUT2D eigenvalue weighted by atomic mass is 9.96. The summed E-state index contributed by atoms with van der Waals surface area (Å²) in [5.41, 5.74) is 1.49. The van der Waals surface area contributed by atoms with E-state index in [0.29, 0.717) is 29.5 Å². The first-order valence-electron chi connectivity index (χ1n) is 11.0. The fourth-order valence-electron chi connectivity index (χ4n) is 3.76. The zero-order valence-corrected chi connectivity index (χ0v) is 20.4. The molecule has 1 heterocycles. The molecule has 33 heavy (non-hydrogen) atoms. The molecule has 0 saturated carbocycles. The van der Waals surface area contributed by atoms with E-state index in [1.807, 2.05) is 24.3 Å². The van der Waals surface area contributed by atoms with Crippen molar-refractivity contribution in [2.45, 2.75) is 39.2 Å². The van der Waals surface area contributed by atoms with Crippen LogP contribution in [0.5, 0.6) is 17.2 Å².